The molecule has 0 bridgehead atoms. The average Bonchev–Trinajstić information content (AvgIpc) is 2.89. The highest BCUT2D eigenvalue weighted by Gasteiger charge is 2.33. The third-order valence-electron chi connectivity index (χ3n) is 7.74. The third kappa shape index (κ3) is 6.95. The van der Waals surface area contributed by atoms with E-state index in [1.54, 1.807) is 33.3 Å². The molecule has 1 heterocycles. The van der Waals surface area contributed by atoms with Crippen LogP contribution in [0.2, 0.25) is 0 Å². The van der Waals surface area contributed by atoms with Gasteiger partial charge in [-0.1, -0.05) is 73.0 Å². The van der Waals surface area contributed by atoms with Gasteiger partial charge < -0.3 is 14.0 Å². The standard InChI is InChI=1S/C32H48N2O4/c1-10-14-15-19-32(6,7)28(12-3)34-21-24(31(36)38-13-4)26(35)20-25(34)29(22(5)11-2)23-17-16-18-27(37-9)30(23)33-8/h16-18,20-22,28H,10-15,19H2,1-9H3/b29-23+,33-30?. The minimum absolute atomic E-state index is 0.0629. The lowest BCUT2D eigenvalue weighted by Crippen LogP contribution is -2.32. The number of carbonyl (C=O) groups is 1. The number of unbranched alkanes of at least 4 members (excludes halogenated alkanes) is 2. The van der Waals surface area contributed by atoms with Crippen molar-refractivity contribution in [1.29, 1.82) is 0 Å². The van der Waals surface area contributed by atoms with Gasteiger partial charge >= 0.3 is 5.97 Å². The zero-order valence-corrected chi connectivity index (χ0v) is 25.0. The van der Waals surface area contributed by atoms with Gasteiger partial charge in [0, 0.05) is 36.6 Å². The molecule has 0 spiro atoms. The van der Waals surface area contributed by atoms with Crippen LogP contribution >= 0.6 is 0 Å². The summed E-state index contributed by atoms with van der Waals surface area (Å²) in [5, 5.41) is 0. The Labute approximate surface area is 229 Å². The summed E-state index contributed by atoms with van der Waals surface area (Å²) in [4.78, 5) is 30.9. The van der Waals surface area contributed by atoms with Crippen LogP contribution in [0.4, 0.5) is 0 Å². The van der Waals surface area contributed by atoms with Gasteiger partial charge in [0.15, 0.2) is 5.43 Å². The molecule has 6 nitrogen and oxygen atoms in total. The lowest BCUT2D eigenvalue weighted by molar-refractivity contribution is 0.0522. The maximum atomic E-state index is 13.4. The zero-order chi connectivity index (χ0) is 28.5. The predicted octanol–water partition coefficient (Wildman–Crippen LogP) is 7.55. The summed E-state index contributed by atoms with van der Waals surface area (Å²) in [6, 6.07) is 1.70. The number of hydrogen-bond donors (Lipinski definition) is 0. The van der Waals surface area contributed by atoms with Crippen LogP contribution in [0.3, 0.4) is 0 Å². The van der Waals surface area contributed by atoms with E-state index in [0.717, 1.165) is 54.7 Å². The minimum Gasteiger partial charge on any atom is -0.494 e. The van der Waals surface area contributed by atoms with E-state index >= 15 is 0 Å². The Morgan fingerprint density at radius 3 is 2.39 bits per heavy atom. The molecule has 38 heavy (non-hydrogen) atoms. The molecule has 1 aromatic rings. The number of hydrogen-bond acceptors (Lipinski definition) is 5. The average molecular weight is 525 g/mol. The molecule has 2 unspecified atom stereocenters. The number of pyridine rings is 1. The largest absolute Gasteiger partial charge is 0.494 e. The lowest BCUT2D eigenvalue weighted by atomic mass is 9.77. The molecule has 0 saturated heterocycles. The van der Waals surface area contributed by atoms with Crippen molar-refractivity contribution < 1.29 is 14.3 Å². The molecular weight excluding hydrogens is 476 g/mol. The number of methoxy groups -OCH3 is 1. The van der Waals surface area contributed by atoms with Crippen LogP contribution in [-0.2, 0) is 9.47 Å². The zero-order valence-electron chi connectivity index (χ0n) is 25.0. The molecule has 2 rings (SSSR count). The van der Waals surface area contributed by atoms with Crippen molar-refractivity contribution in [3.8, 4) is 0 Å². The highest BCUT2D eigenvalue weighted by atomic mass is 16.5. The van der Waals surface area contributed by atoms with E-state index in [9.17, 15) is 9.59 Å². The topological polar surface area (TPSA) is 69.9 Å². The number of aromatic nitrogens is 1. The van der Waals surface area contributed by atoms with Gasteiger partial charge in [0.2, 0.25) is 0 Å². The Morgan fingerprint density at radius 2 is 1.84 bits per heavy atom. The van der Waals surface area contributed by atoms with Gasteiger partial charge in [-0.25, -0.2) is 4.79 Å². The highest BCUT2D eigenvalue weighted by Crippen LogP contribution is 2.42. The number of allylic oxidation sites excluding steroid dienone is 5. The fourth-order valence-corrected chi connectivity index (χ4v) is 5.50. The Balaban J connectivity index is 2.96. The van der Waals surface area contributed by atoms with Crippen LogP contribution in [0.1, 0.15) is 109 Å². The van der Waals surface area contributed by atoms with Crippen molar-refractivity contribution in [1.82, 2.24) is 4.57 Å². The maximum absolute atomic E-state index is 13.4. The van der Waals surface area contributed by atoms with Gasteiger partial charge in [0.1, 0.15) is 17.0 Å². The minimum atomic E-state index is -0.577. The van der Waals surface area contributed by atoms with E-state index in [2.05, 4.69) is 51.1 Å². The second-order valence-electron chi connectivity index (χ2n) is 10.7. The van der Waals surface area contributed by atoms with Crippen LogP contribution in [0.5, 0.6) is 0 Å². The van der Waals surface area contributed by atoms with Gasteiger partial charge in [-0.15, -0.1) is 0 Å². The van der Waals surface area contributed by atoms with Crippen molar-refractivity contribution in [2.45, 2.75) is 93.0 Å². The normalized spacial score (nSPS) is 17.7. The Kier molecular flexibility index (Phi) is 11.8. The number of ether oxygens (including phenoxy) is 2. The molecule has 210 valence electrons. The quantitative estimate of drug-likeness (QED) is 0.197. The molecule has 1 aliphatic carbocycles. The second kappa shape index (κ2) is 14.3. The first kappa shape index (κ1) is 31.3. The number of nitrogens with zero attached hydrogens (tertiary/aromatic N) is 2. The molecule has 1 aliphatic rings. The summed E-state index contributed by atoms with van der Waals surface area (Å²) in [6.07, 6.45) is 13.9. The summed E-state index contributed by atoms with van der Waals surface area (Å²) < 4.78 is 13.1. The molecule has 1 aromatic heterocycles. The van der Waals surface area contributed by atoms with Crippen molar-refractivity contribution in [3.63, 3.8) is 0 Å². The predicted molar refractivity (Wildman–Crippen MR) is 158 cm³/mol. The van der Waals surface area contributed by atoms with Gasteiger partial charge in [-0.3, -0.25) is 9.79 Å². The fraction of sp³-hybridized carbons (Fsp3) is 0.594. The first-order valence-corrected chi connectivity index (χ1v) is 14.2. The summed E-state index contributed by atoms with van der Waals surface area (Å²) in [5.74, 6) is 0.240. The summed E-state index contributed by atoms with van der Waals surface area (Å²) in [6.45, 7) is 15.3. The first-order valence-electron chi connectivity index (χ1n) is 14.2. The Bertz CT molecular complexity index is 1150. The van der Waals surface area contributed by atoms with Crippen molar-refractivity contribution in [2.75, 3.05) is 20.8 Å². The molecule has 0 amide bonds. The smallest absolute Gasteiger partial charge is 0.343 e. The van der Waals surface area contributed by atoms with Crippen molar-refractivity contribution in [3.05, 3.63) is 63.3 Å². The van der Waals surface area contributed by atoms with Gasteiger partial charge in [0.05, 0.1) is 13.7 Å². The Hall–Kier alpha value is -2.89. The molecular formula is C32H48N2O4. The Morgan fingerprint density at radius 1 is 1.13 bits per heavy atom. The third-order valence-corrected chi connectivity index (χ3v) is 7.74. The molecule has 0 aliphatic heterocycles. The maximum Gasteiger partial charge on any atom is 0.343 e. The van der Waals surface area contributed by atoms with Crippen LogP contribution in [0.15, 0.2) is 51.6 Å². The van der Waals surface area contributed by atoms with Crippen LogP contribution in [0, 0.1) is 11.3 Å². The monoisotopic (exact) mass is 524 g/mol. The molecule has 0 fully saturated rings. The van der Waals surface area contributed by atoms with Crippen LogP contribution in [-0.4, -0.2) is 37.0 Å². The summed E-state index contributed by atoms with van der Waals surface area (Å²) >= 11 is 0. The number of esters is 1. The molecule has 2 atom stereocenters. The molecule has 0 saturated carbocycles. The van der Waals surface area contributed by atoms with E-state index in [0.29, 0.717) is 5.76 Å². The summed E-state index contributed by atoms with van der Waals surface area (Å²) in [5.41, 5.74) is 3.24. The van der Waals surface area contributed by atoms with E-state index in [1.807, 2.05) is 18.2 Å². The number of rotatable bonds is 13. The second-order valence-corrected chi connectivity index (χ2v) is 10.7. The SMILES string of the molecule is CCCCCC(C)(C)C(CC)n1cc(C(=O)OCC)c(=O)cc1/C(=C1\C=CC=C(OC)C1=NC)C(C)CC. The van der Waals surface area contributed by atoms with Crippen molar-refractivity contribution >= 4 is 17.3 Å². The van der Waals surface area contributed by atoms with E-state index < -0.39 is 5.97 Å². The highest BCUT2D eigenvalue weighted by molar-refractivity contribution is 6.18. The van der Waals surface area contributed by atoms with Crippen LogP contribution < -0.4 is 5.43 Å². The van der Waals surface area contributed by atoms with Crippen LogP contribution in [0.25, 0.3) is 5.57 Å². The molecule has 0 radical (unpaired) electrons. The van der Waals surface area contributed by atoms with Gasteiger partial charge in [-0.2, -0.15) is 0 Å². The van der Waals surface area contributed by atoms with E-state index in [4.69, 9.17) is 9.47 Å². The molecule has 0 N–H and O–H groups in total. The first-order chi connectivity index (χ1) is 18.1. The molecule has 6 heteroatoms. The number of aliphatic imine (C=N–C) groups is 1. The van der Waals surface area contributed by atoms with Gasteiger partial charge in [0.25, 0.3) is 0 Å². The van der Waals surface area contributed by atoms with Crippen molar-refractivity contribution in [2.24, 2.45) is 16.3 Å². The lowest BCUT2D eigenvalue weighted by Gasteiger charge is -2.38. The fourth-order valence-electron chi connectivity index (χ4n) is 5.50. The van der Waals surface area contributed by atoms with E-state index in [-0.39, 0.29) is 35.0 Å². The number of carbonyl (C=O) groups excluding carboxylic acids is 1. The molecule has 0 aromatic carbocycles. The van der Waals surface area contributed by atoms with Gasteiger partial charge in [-0.05, 0) is 49.2 Å². The van der Waals surface area contributed by atoms with E-state index in [1.165, 1.54) is 6.42 Å². The summed E-state index contributed by atoms with van der Waals surface area (Å²) in [7, 11) is 3.41.